The molecule has 21 heavy (non-hydrogen) atoms. The van der Waals surface area contributed by atoms with Crippen molar-refractivity contribution >= 4 is 15.9 Å². The Kier molecular flexibility index (Phi) is 4.74. The van der Waals surface area contributed by atoms with Crippen LogP contribution in [-0.2, 0) is 7.05 Å². The van der Waals surface area contributed by atoms with Crippen LogP contribution < -0.4 is 14.2 Å². The van der Waals surface area contributed by atoms with E-state index in [1.54, 1.807) is 37.2 Å². The summed E-state index contributed by atoms with van der Waals surface area (Å²) in [5.41, 5.74) is 1.19. The quantitative estimate of drug-likeness (QED) is 0.890. The van der Waals surface area contributed by atoms with Gasteiger partial charge in [0, 0.05) is 12.6 Å². The van der Waals surface area contributed by atoms with Gasteiger partial charge in [-0.2, -0.15) is 5.10 Å². The SMILES string of the molecule is COc1ccc(C(O)c2c(Br)cnn2C)c(OC)c1OC. The van der Waals surface area contributed by atoms with Gasteiger partial charge < -0.3 is 19.3 Å². The van der Waals surface area contributed by atoms with Crippen molar-refractivity contribution in [1.82, 2.24) is 9.78 Å². The summed E-state index contributed by atoms with van der Waals surface area (Å²) in [5, 5.41) is 14.8. The van der Waals surface area contributed by atoms with E-state index < -0.39 is 6.10 Å². The molecule has 0 spiro atoms. The van der Waals surface area contributed by atoms with E-state index in [1.807, 2.05) is 0 Å². The second-order valence-corrected chi connectivity index (χ2v) is 5.18. The number of aliphatic hydroxyl groups excluding tert-OH is 1. The lowest BCUT2D eigenvalue weighted by Crippen LogP contribution is -2.09. The molecule has 1 atom stereocenters. The Morgan fingerprint density at radius 3 is 2.29 bits per heavy atom. The zero-order chi connectivity index (χ0) is 15.6. The highest BCUT2D eigenvalue weighted by Crippen LogP contribution is 2.44. The minimum atomic E-state index is -0.915. The summed E-state index contributed by atoms with van der Waals surface area (Å²) >= 11 is 3.39. The molecule has 1 aromatic heterocycles. The first-order chi connectivity index (χ1) is 10.0. The first-order valence-corrected chi connectivity index (χ1v) is 6.98. The van der Waals surface area contributed by atoms with E-state index in [2.05, 4.69) is 21.0 Å². The van der Waals surface area contributed by atoms with E-state index in [0.29, 0.717) is 33.0 Å². The van der Waals surface area contributed by atoms with E-state index in [4.69, 9.17) is 14.2 Å². The number of aliphatic hydroxyl groups is 1. The Morgan fingerprint density at radius 2 is 1.81 bits per heavy atom. The smallest absolute Gasteiger partial charge is 0.203 e. The maximum atomic E-state index is 10.7. The van der Waals surface area contributed by atoms with Crippen LogP contribution in [0.25, 0.3) is 0 Å². The minimum absolute atomic E-state index is 0.428. The predicted molar refractivity (Wildman–Crippen MR) is 81.1 cm³/mol. The molecule has 1 N–H and O–H groups in total. The maximum absolute atomic E-state index is 10.7. The molecular formula is C14H17BrN2O4. The largest absolute Gasteiger partial charge is 0.493 e. The normalized spacial score (nSPS) is 12.1. The lowest BCUT2D eigenvalue weighted by atomic mass is 10.0. The molecule has 7 heteroatoms. The van der Waals surface area contributed by atoms with Gasteiger partial charge in [0.25, 0.3) is 0 Å². The fourth-order valence-electron chi connectivity index (χ4n) is 2.21. The molecule has 0 bridgehead atoms. The summed E-state index contributed by atoms with van der Waals surface area (Å²) in [6.45, 7) is 0. The summed E-state index contributed by atoms with van der Waals surface area (Å²) in [6.07, 6.45) is 0.716. The fourth-order valence-corrected chi connectivity index (χ4v) is 2.78. The number of hydrogen-bond donors (Lipinski definition) is 1. The molecule has 114 valence electrons. The highest BCUT2D eigenvalue weighted by Gasteiger charge is 2.25. The van der Waals surface area contributed by atoms with Crippen molar-refractivity contribution in [2.45, 2.75) is 6.10 Å². The van der Waals surface area contributed by atoms with E-state index in [-0.39, 0.29) is 0 Å². The van der Waals surface area contributed by atoms with Crippen LogP contribution in [0, 0.1) is 0 Å². The van der Waals surface area contributed by atoms with Crippen LogP contribution >= 0.6 is 15.9 Å². The third kappa shape index (κ3) is 2.71. The average Bonchev–Trinajstić information content (AvgIpc) is 2.83. The third-order valence-electron chi connectivity index (χ3n) is 3.23. The van der Waals surface area contributed by atoms with Gasteiger partial charge in [0.15, 0.2) is 11.5 Å². The van der Waals surface area contributed by atoms with Gasteiger partial charge in [0.1, 0.15) is 6.10 Å². The first-order valence-electron chi connectivity index (χ1n) is 6.19. The number of rotatable bonds is 5. The molecule has 0 saturated carbocycles. The van der Waals surface area contributed by atoms with Gasteiger partial charge in [0.05, 0.1) is 37.7 Å². The van der Waals surface area contributed by atoms with Gasteiger partial charge in [0.2, 0.25) is 5.75 Å². The molecule has 0 fully saturated rings. The topological polar surface area (TPSA) is 65.7 Å². The van der Waals surface area contributed by atoms with E-state index in [1.165, 1.54) is 14.2 Å². The van der Waals surface area contributed by atoms with Crippen LogP contribution in [0.15, 0.2) is 22.8 Å². The van der Waals surface area contributed by atoms with Crippen molar-refractivity contribution in [2.75, 3.05) is 21.3 Å². The molecule has 1 aromatic carbocycles. The molecule has 0 amide bonds. The van der Waals surface area contributed by atoms with E-state index in [0.717, 1.165) is 0 Å². The van der Waals surface area contributed by atoms with E-state index >= 15 is 0 Å². The van der Waals surface area contributed by atoms with Crippen molar-refractivity contribution in [3.63, 3.8) is 0 Å². The van der Waals surface area contributed by atoms with Crippen LogP contribution in [0.1, 0.15) is 17.4 Å². The molecule has 1 heterocycles. The van der Waals surface area contributed by atoms with Crippen LogP contribution in [0.3, 0.4) is 0 Å². The number of methoxy groups -OCH3 is 3. The Hall–Kier alpha value is -1.73. The predicted octanol–water partition coefficient (Wildman–Crippen LogP) is 2.29. The average molecular weight is 357 g/mol. The number of benzene rings is 1. The highest BCUT2D eigenvalue weighted by molar-refractivity contribution is 9.10. The summed E-state index contributed by atoms with van der Waals surface area (Å²) in [6, 6.07) is 3.47. The van der Waals surface area contributed by atoms with E-state index in [9.17, 15) is 5.11 Å². The number of nitrogens with zero attached hydrogens (tertiary/aromatic N) is 2. The van der Waals surface area contributed by atoms with Gasteiger partial charge in [-0.25, -0.2) is 0 Å². The second kappa shape index (κ2) is 6.36. The van der Waals surface area contributed by atoms with Crippen molar-refractivity contribution in [3.8, 4) is 17.2 Å². The fraction of sp³-hybridized carbons (Fsp3) is 0.357. The standard InChI is InChI=1S/C14H17BrN2O4/c1-17-11(9(15)7-16-17)12(18)8-5-6-10(19-2)14(21-4)13(8)20-3/h5-7,12,18H,1-4H3. The molecule has 0 aliphatic carbocycles. The highest BCUT2D eigenvalue weighted by atomic mass is 79.9. The minimum Gasteiger partial charge on any atom is -0.493 e. The molecule has 6 nitrogen and oxygen atoms in total. The maximum Gasteiger partial charge on any atom is 0.203 e. The molecule has 2 aromatic rings. The van der Waals surface area contributed by atoms with Crippen molar-refractivity contribution in [2.24, 2.45) is 7.05 Å². The number of aromatic nitrogens is 2. The Balaban J connectivity index is 2.58. The summed E-state index contributed by atoms with van der Waals surface area (Å²) in [7, 11) is 6.35. The monoisotopic (exact) mass is 356 g/mol. The van der Waals surface area contributed by atoms with Crippen molar-refractivity contribution in [3.05, 3.63) is 34.1 Å². The summed E-state index contributed by atoms with van der Waals surface area (Å²) < 4.78 is 18.3. The first kappa shape index (κ1) is 15.7. The molecule has 1 unspecified atom stereocenters. The summed E-state index contributed by atoms with van der Waals surface area (Å²) in [5.74, 6) is 1.40. The van der Waals surface area contributed by atoms with Gasteiger partial charge in [-0.1, -0.05) is 0 Å². The van der Waals surface area contributed by atoms with Crippen LogP contribution in [0.2, 0.25) is 0 Å². The Bertz CT molecular complexity index is 623. The molecule has 0 radical (unpaired) electrons. The van der Waals surface area contributed by atoms with Crippen LogP contribution in [0.4, 0.5) is 0 Å². The van der Waals surface area contributed by atoms with Gasteiger partial charge in [-0.05, 0) is 28.1 Å². The second-order valence-electron chi connectivity index (χ2n) is 4.33. The Morgan fingerprint density at radius 1 is 1.14 bits per heavy atom. The third-order valence-corrected chi connectivity index (χ3v) is 3.84. The Labute approximate surface area is 131 Å². The molecule has 0 saturated heterocycles. The lowest BCUT2D eigenvalue weighted by Gasteiger charge is -2.19. The van der Waals surface area contributed by atoms with Crippen molar-refractivity contribution < 1.29 is 19.3 Å². The number of aryl methyl sites for hydroxylation is 1. The zero-order valence-corrected chi connectivity index (χ0v) is 13.8. The van der Waals surface area contributed by atoms with Crippen LogP contribution in [-0.4, -0.2) is 36.2 Å². The number of hydrogen-bond acceptors (Lipinski definition) is 5. The number of halogens is 1. The molecule has 0 aliphatic rings. The molecule has 2 rings (SSSR count). The molecular weight excluding hydrogens is 340 g/mol. The number of ether oxygens (including phenoxy) is 3. The van der Waals surface area contributed by atoms with Gasteiger partial charge >= 0.3 is 0 Å². The van der Waals surface area contributed by atoms with Gasteiger partial charge in [-0.15, -0.1) is 0 Å². The van der Waals surface area contributed by atoms with Crippen molar-refractivity contribution in [1.29, 1.82) is 0 Å². The molecule has 0 aliphatic heterocycles. The van der Waals surface area contributed by atoms with Gasteiger partial charge in [-0.3, -0.25) is 4.68 Å². The zero-order valence-electron chi connectivity index (χ0n) is 12.3. The lowest BCUT2D eigenvalue weighted by molar-refractivity contribution is 0.201. The summed E-state index contributed by atoms with van der Waals surface area (Å²) in [4.78, 5) is 0. The van der Waals surface area contributed by atoms with Crippen LogP contribution in [0.5, 0.6) is 17.2 Å².